The van der Waals surface area contributed by atoms with Gasteiger partial charge in [-0.2, -0.15) is 5.10 Å². The Hall–Kier alpha value is -4.28. The third kappa shape index (κ3) is 5.36. The summed E-state index contributed by atoms with van der Waals surface area (Å²) in [5.41, 5.74) is 1.75. The number of carbonyl (C=O) groups is 2. The highest BCUT2D eigenvalue weighted by Crippen LogP contribution is 2.27. The maximum absolute atomic E-state index is 15.1. The van der Waals surface area contributed by atoms with E-state index in [1.165, 1.54) is 12.1 Å². The molecule has 1 fully saturated rings. The van der Waals surface area contributed by atoms with Crippen molar-refractivity contribution < 1.29 is 18.7 Å². The van der Waals surface area contributed by atoms with Gasteiger partial charge in [0, 0.05) is 31.2 Å². The van der Waals surface area contributed by atoms with Crippen molar-refractivity contribution in [3.8, 4) is 11.1 Å². The van der Waals surface area contributed by atoms with Crippen molar-refractivity contribution in [3.05, 3.63) is 66.4 Å². The number of ether oxygens (including phenoxy) is 1. The van der Waals surface area contributed by atoms with Crippen LogP contribution in [-0.2, 0) is 18.3 Å². The van der Waals surface area contributed by atoms with Crippen LogP contribution in [0.4, 0.5) is 9.18 Å². The van der Waals surface area contributed by atoms with Gasteiger partial charge in [-0.15, -0.1) is 5.10 Å². The van der Waals surface area contributed by atoms with Gasteiger partial charge in [-0.3, -0.25) is 14.2 Å². The molecule has 1 N–H and O–H groups in total. The fourth-order valence-electron chi connectivity index (χ4n) is 4.77. The van der Waals surface area contributed by atoms with Crippen molar-refractivity contribution in [2.45, 2.75) is 51.4 Å². The quantitative estimate of drug-likeness (QED) is 0.430. The van der Waals surface area contributed by atoms with Crippen LogP contribution in [0, 0.1) is 5.82 Å². The van der Waals surface area contributed by atoms with Gasteiger partial charge in [-0.25, -0.2) is 9.18 Å². The van der Waals surface area contributed by atoms with Crippen molar-refractivity contribution in [1.82, 2.24) is 35.0 Å². The lowest BCUT2D eigenvalue weighted by Gasteiger charge is -2.28. The van der Waals surface area contributed by atoms with E-state index in [1.54, 1.807) is 59.7 Å². The van der Waals surface area contributed by atoms with Crippen molar-refractivity contribution in [3.63, 3.8) is 0 Å². The highest BCUT2D eigenvalue weighted by atomic mass is 19.1. The third-order valence-corrected chi connectivity index (χ3v) is 6.54. The van der Waals surface area contributed by atoms with Gasteiger partial charge in [0.15, 0.2) is 0 Å². The molecule has 5 rings (SSSR count). The summed E-state index contributed by atoms with van der Waals surface area (Å²) in [4.78, 5) is 27.5. The zero-order valence-electron chi connectivity index (χ0n) is 21.8. The van der Waals surface area contributed by atoms with Crippen LogP contribution < -0.4 is 5.32 Å². The first-order chi connectivity index (χ1) is 18.1. The Bertz CT molecular complexity index is 1480. The number of likely N-dealkylation sites (tertiary alicyclic amines) is 1. The third-order valence-electron chi connectivity index (χ3n) is 6.54. The maximum Gasteiger partial charge on any atom is 0.410 e. The molecule has 0 aliphatic carbocycles. The lowest BCUT2D eigenvalue weighted by molar-refractivity contribution is 0.0207. The second-order valence-corrected chi connectivity index (χ2v) is 10.6. The maximum atomic E-state index is 15.1. The largest absolute Gasteiger partial charge is 0.444 e. The first kappa shape index (κ1) is 25.4. The molecule has 11 heteroatoms. The van der Waals surface area contributed by atoms with Crippen molar-refractivity contribution in [2.75, 3.05) is 6.54 Å². The minimum absolute atomic E-state index is 0.0558. The van der Waals surface area contributed by atoms with Crippen LogP contribution in [-0.4, -0.2) is 65.9 Å². The van der Waals surface area contributed by atoms with E-state index < -0.39 is 23.4 Å². The van der Waals surface area contributed by atoms with E-state index in [-0.39, 0.29) is 24.2 Å². The fourth-order valence-corrected chi connectivity index (χ4v) is 4.77. The van der Waals surface area contributed by atoms with Crippen LogP contribution in [0.5, 0.6) is 0 Å². The summed E-state index contributed by atoms with van der Waals surface area (Å²) in [6.45, 7) is 6.04. The predicted octanol–water partition coefficient (Wildman–Crippen LogP) is 3.78. The van der Waals surface area contributed by atoms with Crippen molar-refractivity contribution in [1.29, 1.82) is 0 Å². The molecule has 1 aliphatic rings. The first-order valence-electron chi connectivity index (χ1n) is 12.4. The van der Waals surface area contributed by atoms with Gasteiger partial charge in [0.05, 0.1) is 36.1 Å². The van der Waals surface area contributed by atoms with E-state index in [4.69, 9.17) is 4.74 Å². The summed E-state index contributed by atoms with van der Waals surface area (Å²) in [5, 5.41) is 15.9. The summed E-state index contributed by atoms with van der Waals surface area (Å²) < 4.78 is 24.1. The average molecular weight is 520 g/mol. The van der Waals surface area contributed by atoms with E-state index in [9.17, 15) is 9.59 Å². The topological polar surface area (TPSA) is 107 Å². The molecule has 1 unspecified atom stereocenters. The van der Waals surface area contributed by atoms with Gasteiger partial charge in [0.25, 0.3) is 5.91 Å². The SMILES string of the molecule is Cn1ncc2cc(-c3ccc(C(=O)NC4C[C@H](Cn5ccnn5)N(C(=O)OC(C)(C)C)C4)c(F)c3)ccc21. The summed E-state index contributed by atoms with van der Waals surface area (Å²) >= 11 is 0. The van der Waals surface area contributed by atoms with Crippen LogP contribution in [0.15, 0.2) is 55.0 Å². The Balaban J connectivity index is 1.30. The smallest absolute Gasteiger partial charge is 0.410 e. The number of fused-ring (bicyclic) bond motifs is 1. The van der Waals surface area contributed by atoms with Gasteiger partial charge in [0.2, 0.25) is 0 Å². The number of nitrogens with one attached hydrogen (secondary N) is 1. The molecule has 2 aromatic carbocycles. The zero-order valence-corrected chi connectivity index (χ0v) is 21.8. The molecular weight excluding hydrogens is 489 g/mol. The lowest BCUT2D eigenvalue weighted by atomic mass is 10.0. The Morgan fingerprint density at radius 3 is 2.63 bits per heavy atom. The Labute approximate surface area is 219 Å². The Kier molecular flexibility index (Phi) is 6.60. The second-order valence-electron chi connectivity index (χ2n) is 10.6. The van der Waals surface area contributed by atoms with Gasteiger partial charge in [-0.1, -0.05) is 17.3 Å². The molecule has 0 radical (unpaired) electrons. The number of aryl methyl sites for hydroxylation is 1. The summed E-state index contributed by atoms with van der Waals surface area (Å²) in [7, 11) is 1.86. The number of hydrogen-bond donors (Lipinski definition) is 1. The molecule has 0 saturated carbocycles. The first-order valence-corrected chi connectivity index (χ1v) is 12.4. The van der Waals surface area contributed by atoms with E-state index in [0.717, 1.165) is 16.5 Å². The molecule has 2 amide bonds. The normalized spacial score (nSPS) is 17.7. The average Bonchev–Trinajstić information content (AvgIpc) is 3.59. The molecule has 0 spiro atoms. The van der Waals surface area contributed by atoms with E-state index in [1.807, 2.05) is 25.2 Å². The van der Waals surface area contributed by atoms with E-state index in [0.29, 0.717) is 18.5 Å². The van der Waals surface area contributed by atoms with Gasteiger partial charge < -0.3 is 15.0 Å². The van der Waals surface area contributed by atoms with Crippen molar-refractivity contribution in [2.24, 2.45) is 7.05 Å². The van der Waals surface area contributed by atoms with Crippen molar-refractivity contribution >= 4 is 22.9 Å². The van der Waals surface area contributed by atoms with Crippen LogP contribution in [0.2, 0.25) is 0 Å². The molecule has 198 valence electrons. The molecule has 10 nitrogen and oxygen atoms in total. The monoisotopic (exact) mass is 519 g/mol. The lowest BCUT2D eigenvalue weighted by Crippen LogP contribution is -2.43. The van der Waals surface area contributed by atoms with E-state index >= 15 is 4.39 Å². The summed E-state index contributed by atoms with van der Waals surface area (Å²) in [6.07, 6.45) is 5.03. The molecular formula is C27H30FN7O3. The molecule has 2 aromatic heterocycles. The molecule has 3 heterocycles. The number of carbonyl (C=O) groups excluding carboxylic acids is 2. The highest BCUT2D eigenvalue weighted by Gasteiger charge is 2.38. The zero-order chi connectivity index (χ0) is 27.0. The highest BCUT2D eigenvalue weighted by molar-refractivity contribution is 5.95. The second kappa shape index (κ2) is 9.88. The summed E-state index contributed by atoms with van der Waals surface area (Å²) in [6, 6.07) is 9.70. The standard InChI is InChI=1S/C27H30FN7O3/c1-27(2,3)38-26(37)35-15-20(13-21(35)16-34-10-9-29-32-34)31-25(36)22-7-5-18(12-23(22)28)17-6-8-24-19(11-17)14-30-33(24)4/h5-12,14,20-21H,13,15-16H2,1-4H3,(H,31,36)/t20?,21-/m1/s1. The minimum Gasteiger partial charge on any atom is -0.444 e. The Morgan fingerprint density at radius 1 is 1.16 bits per heavy atom. The number of hydrogen-bond acceptors (Lipinski definition) is 6. The number of rotatable bonds is 5. The number of halogens is 1. The predicted molar refractivity (Wildman–Crippen MR) is 139 cm³/mol. The molecule has 2 atom stereocenters. The van der Waals surface area contributed by atoms with Crippen LogP contribution in [0.3, 0.4) is 0 Å². The van der Waals surface area contributed by atoms with Gasteiger partial charge >= 0.3 is 6.09 Å². The minimum atomic E-state index is -0.664. The van der Waals surface area contributed by atoms with Gasteiger partial charge in [-0.05, 0) is 62.6 Å². The molecule has 1 saturated heterocycles. The number of aromatic nitrogens is 5. The van der Waals surface area contributed by atoms with Crippen LogP contribution in [0.1, 0.15) is 37.6 Å². The molecule has 0 bridgehead atoms. The van der Waals surface area contributed by atoms with Crippen LogP contribution >= 0.6 is 0 Å². The Morgan fingerprint density at radius 2 is 1.92 bits per heavy atom. The fraction of sp³-hybridized carbons (Fsp3) is 0.370. The number of amides is 2. The molecule has 38 heavy (non-hydrogen) atoms. The number of benzene rings is 2. The van der Waals surface area contributed by atoms with Crippen LogP contribution in [0.25, 0.3) is 22.0 Å². The molecule has 4 aromatic rings. The summed E-state index contributed by atoms with van der Waals surface area (Å²) in [5.74, 6) is -1.15. The molecule has 1 aliphatic heterocycles. The number of nitrogens with zero attached hydrogens (tertiary/aromatic N) is 6. The van der Waals surface area contributed by atoms with Gasteiger partial charge in [0.1, 0.15) is 11.4 Å². The van der Waals surface area contributed by atoms with E-state index in [2.05, 4.69) is 20.7 Å².